The van der Waals surface area contributed by atoms with Crippen molar-refractivity contribution in [3.05, 3.63) is 23.4 Å². The molecular formula is C15H24N2O2. The molecule has 0 saturated heterocycles. The standard InChI is InChI=1S/C15H24N2O2/c1-6-7-12-8-11(14(18)19)9-13(16-12)17(5)10-15(2,3)4/h8-9H,6-7,10H2,1-5H3,(H,18,19). The molecule has 0 aliphatic heterocycles. The summed E-state index contributed by atoms with van der Waals surface area (Å²) in [6.45, 7) is 9.34. The van der Waals surface area contributed by atoms with E-state index < -0.39 is 5.97 Å². The first kappa shape index (κ1) is 15.5. The lowest BCUT2D eigenvalue weighted by atomic mass is 9.96. The zero-order valence-electron chi connectivity index (χ0n) is 12.5. The molecule has 1 aromatic rings. The van der Waals surface area contributed by atoms with E-state index in [-0.39, 0.29) is 5.41 Å². The first-order valence-electron chi connectivity index (χ1n) is 6.68. The second kappa shape index (κ2) is 6.04. The average molecular weight is 264 g/mol. The third-order valence-electron chi connectivity index (χ3n) is 2.72. The number of carboxylic acid groups (broad SMARTS) is 1. The fourth-order valence-electron chi connectivity index (χ4n) is 2.07. The van der Waals surface area contributed by atoms with Crippen molar-refractivity contribution in [1.82, 2.24) is 4.98 Å². The van der Waals surface area contributed by atoms with Gasteiger partial charge in [-0.05, 0) is 24.0 Å². The molecule has 0 aliphatic rings. The summed E-state index contributed by atoms with van der Waals surface area (Å²) in [5.41, 5.74) is 1.30. The van der Waals surface area contributed by atoms with E-state index in [0.717, 1.165) is 30.9 Å². The number of aryl methyl sites for hydroxylation is 1. The highest BCUT2D eigenvalue weighted by atomic mass is 16.4. The Bertz CT molecular complexity index is 450. The van der Waals surface area contributed by atoms with Crippen LogP contribution in [0.15, 0.2) is 12.1 Å². The second-order valence-corrected chi connectivity index (χ2v) is 6.18. The van der Waals surface area contributed by atoms with E-state index in [1.807, 2.05) is 11.9 Å². The Morgan fingerprint density at radius 1 is 1.37 bits per heavy atom. The highest BCUT2D eigenvalue weighted by Gasteiger charge is 2.17. The van der Waals surface area contributed by atoms with Crippen LogP contribution in [0.2, 0.25) is 0 Å². The summed E-state index contributed by atoms with van der Waals surface area (Å²) in [7, 11) is 1.95. The molecule has 0 unspecified atom stereocenters. The number of aromatic nitrogens is 1. The van der Waals surface area contributed by atoms with Gasteiger partial charge in [0, 0.05) is 19.3 Å². The number of aromatic carboxylic acids is 1. The van der Waals surface area contributed by atoms with E-state index in [0.29, 0.717) is 5.56 Å². The van der Waals surface area contributed by atoms with Gasteiger partial charge in [0.15, 0.2) is 0 Å². The van der Waals surface area contributed by atoms with Crippen molar-refractivity contribution in [2.45, 2.75) is 40.5 Å². The van der Waals surface area contributed by atoms with Gasteiger partial charge in [0.2, 0.25) is 0 Å². The van der Waals surface area contributed by atoms with Crippen LogP contribution >= 0.6 is 0 Å². The first-order valence-corrected chi connectivity index (χ1v) is 6.68. The number of carboxylic acids is 1. The van der Waals surface area contributed by atoms with Gasteiger partial charge < -0.3 is 10.0 Å². The molecule has 0 amide bonds. The molecule has 4 heteroatoms. The maximum absolute atomic E-state index is 11.2. The largest absolute Gasteiger partial charge is 0.478 e. The van der Waals surface area contributed by atoms with Crippen molar-refractivity contribution >= 4 is 11.8 Å². The van der Waals surface area contributed by atoms with Crippen molar-refractivity contribution in [3.63, 3.8) is 0 Å². The predicted molar refractivity (Wildman–Crippen MR) is 77.9 cm³/mol. The molecule has 0 fully saturated rings. The number of anilines is 1. The molecule has 0 spiro atoms. The third kappa shape index (κ3) is 4.89. The van der Waals surface area contributed by atoms with Crippen LogP contribution in [-0.2, 0) is 6.42 Å². The molecule has 0 aromatic carbocycles. The Morgan fingerprint density at radius 3 is 2.47 bits per heavy atom. The number of nitrogens with zero attached hydrogens (tertiary/aromatic N) is 2. The molecule has 1 rings (SSSR count). The minimum atomic E-state index is -0.898. The number of carbonyl (C=O) groups is 1. The summed E-state index contributed by atoms with van der Waals surface area (Å²) >= 11 is 0. The maximum atomic E-state index is 11.2. The SMILES string of the molecule is CCCc1cc(C(=O)O)cc(N(C)CC(C)(C)C)n1. The smallest absolute Gasteiger partial charge is 0.335 e. The lowest BCUT2D eigenvalue weighted by Gasteiger charge is -2.28. The lowest BCUT2D eigenvalue weighted by molar-refractivity contribution is 0.0696. The predicted octanol–water partition coefficient (Wildman–Crippen LogP) is 3.21. The lowest BCUT2D eigenvalue weighted by Crippen LogP contribution is -2.30. The summed E-state index contributed by atoms with van der Waals surface area (Å²) < 4.78 is 0. The van der Waals surface area contributed by atoms with E-state index in [1.165, 1.54) is 0 Å². The summed E-state index contributed by atoms with van der Waals surface area (Å²) in [4.78, 5) is 17.7. The second-order valence-electron chi connectivity index (χ2n) is 6.18. The summed E-state index contributed by atoms with van der Waals surface area (Å²) in [5.74, 6) is -0.163. The zero-order chi connectivity index (χ0) is 14.6. The van der Waals surface area contributed by atoms with Gasteiger partial charge in [-0.15, -0.1) is 0 Å². The Kier molecular flexibility index (Phi) is 4.92. The molecule has 1 aromatic heterocycles. The summed E-state index contributed by atoms with van der Waals surface area (Å²) in [6, 6.07) is 3.31. The van der Waals surface area contributed by atoms with Gasteiger partial charge in [-0.3, -0.25) is 0 Å². The van der Waals surface area contributed by atoms with E-state index in [1.54, 1.807) is 12.1 Å². The van der Waals surface area contributed by atoms with E-state index in [2.05, 4.69) is 32.7 Å². The molecule has 0 bridgehead atoms. The fourth-order valence-corrected chi connectivity index (χ4v) is 2.07. The van der Waals surface area contributed by atoms with Crippen LogP contribution in [0.1, 0.15) is 50.2 Å². The van der Waals surface area contributed by atoms with E-state index >= 15 is 0 Å². The molecule has 1 heterocycles. The van der Waals surface area contributed by atoms with Crippen LogP contribution in [-0.4, -0.2) is 29.7 Å². The normalized spacial score (nSPS) is 11.4. The van der Waals surface area contributed by atoms with Crippen LogP contribution in [0, 0.1) is 5.41 Å². The van der Waals surface area contributed by atoms with Gasteiger partial charge in [-0.1, -0.05) is 34.1 Å². The molecule has 4 nitrogen and oxygen atoms in total. The molecular weight excluding hydrogens is 240 g/mol. The molecule has 106 valence electrons. The molecule has 0 atom stereocenters. The summed E-state index contributed by atoms with van der Waals surface area (Å²) in [6.07, 6.45) is 1.76. The molecule has 1 N–H and O–H groups in total. The van der Waals surface area contributed by atoms with Gasteiger partial charge in [0.25, 0.3) is 0 Å². The van der Waals surface area contributed by atoms with Crippen molar-refractivity contribution in [2.24, 2.45) is 5.41 Å². The van der Waals surface area contributed by atoms with Gasteiger partial charge in [0.05, 0.1) is 5.56 Å². The number of pyridine rings is 1. The minimum absolute atomic E-state index is 0.139. The fraction of sp³-hybridized carbons (Fsp3) is 0.600. The Balaban J connectivity index is 3.08. The zero-order valence-corrected chi connectivity index (χ0v) is 12.5. The maximum Gasteiger partial charge on any atom is 0.335 e. The third-order valence-corrected chi connectivity index (χ3v) is 2.72. The molecule has 0 aliphatic carbocycles. The molecule has 0 radical (unpaired) electrons. The number of hydrogen-bond donors (Lipinski definition) is 1. The Hall–Kier alpha value is -1.58. The van der Waals surface area contributed by atoms with Gasteiger partial charge in [0.1, 0.15) is 5.82 Å². The van der Waals surface area contributed by atoms with Gasteiger partial charge in [-0.2, -0.15) is 0 Å². The van der Waals surface area contributed by atoms with Crippen molar-refractivity contribution in [2.75, 3.05) is 18.5 Å². The highest BCUT2D eigenvalue weighted by molar-refractivity contribution is 5.88. The van der Waals surface area contributed by atoms with Crippen molar-refractivity contribution in [3.8, 4) is 0 Å². The number of hydrogen-bond acceptors (Lipinski definition) is 3. The highest BCUT2D eigenvalue weighted by Crippen LogP contribution is 2.21. The minimum Gasteiger partial charge on any atom is -0.478 e. The quantitative estimate of drug-likeness (QED) is 0.887. The van der Waals surface area contributed by atoms with Crippen LogP contribution in [0.4, 0.5) is 5.82 Å². The Labute approximate surface area is 115 Å². The van der Waals surface area contributed by atoms with Gasteiger partial charge >= 0.3 is 5.97 Å². The van der Waals surface area contributed by atoms with Crippen molar-refractivity contribution < 1.29 is 9.90 Å². The molecule has 19 heavy (non-hydrogen) atoms. The van der Waals surface area contributed by atoms with Crippen LogP contribution in [0.3, 0.4) is 0 Å². The van der Waals surface area contributed by atoms with E-state index in [9.17, 15) is 4.79 Å². The van der Waals surface area contributed by atoms with Crippen molar-refractivity contribution in [1.29, 1.82) is 0 Å². The monoisotopic (exact) mass is 264 g/mol. The average Bonchev–Trinajstić information content (AvgIpc) is 2.26. The van der Waals surface area contributed by atoms with Crippen LogP contribution in [0.25, 0.3) is 0 Å². The van der Waals surface area contributed by atoms with Crippen LogP contribution < -0.4 is 4.90 Å². The topological polar surface area (TPSA) is 53.4 Å². The van der Waals surface area contributed by atoms with E-state index in [4.69, 9.17) is 5.11 Å². The van der Waals surface area contributed by atoms with Crippen LogP contribution in [0.5, 0.6) is 0 Å². The first-order chi connectivity index (χ1) is 8.73. The summed E-state index contributed by atoms with van der Waals surface area (Å²) in [5, 5.41) is 9.17. The van der Waals surface area contributed by atoms with Gasteiger partial charge in [-0.25, -0.2) is 9.78 Å². The Morgan fingerprint density at radius 2 is 2.00 bits per heavy atom. The number of rotatable bonds is 5. The molecule has 0 saturated carbocycles.